The summed E-state index contributed by atoms with van der Waals surface area (Å²) in [6.07, 6.45) is 8.12. The van der Waals surface area contributed by atoms with E-state index in [1.54, 1.807) is 9.42 Å². The summed E-state index contributed by atoms with van der Waals surface area (Å²) in [5, 5.41) is 4.93. The number of aromatic nitrogens is 2. The molecular weight excluding hydrogens is 412 g/mol. The van der Waals surface area contributed by atoms with Gasteiger partial charge in [0.1, 0.15) is 6.54 Å². The Kier molecular flexibility index (Phi) is 5.29. The lowest BCUT2D eigenvalue weighted by atomic mass is 9.93. The molecule has 0 N–H and O–H groups in total. The van der Waals surface area contributed by atoms with E-state index in [1.165, 1.54) is 37.7 Å². The van der Waals surface area contributed by atoms with Crippen LogP contribution in [-0.4, -0.2) is 56.9 Å². The average Bonchev–Trinajstić information content (AvgIpc) is 3.57. The van der Waals surface area contributed by atoms with Crippen molar-refractivity contribution in [3.05, 3.63) is 40.7 Å². The number of pyridine rings is 1. The Labute approximate surface area is 187 Å². The van der Waals surface area contributed by atoms with Crippen molar-refractivity contribution < 1.29 is 9.59 Å². The van der Waals surface area contributed by atoms with Gasteiger partial charge in [0.2, 0.25) is 5.91 Å². The van der Waals surface area contributed by atoms with Crippen LogP contribution in [0.15, 0.2) is 18.7 Å². The van der Waals surface area contributed by atoms with Gasteiger partial charge in [-0.3, -0.25) is 9.59 Å². The van der Waals surface area contributed by atoms with Gasteiger partial charge in [-0.05, 0) is 61.8 Å². The lowest BCUT2D eigenvalue weighted by molar-refractivity contribution is -0.138. The fourth-order valence-corrected chi connectivity index (χ4v) is 5.27. The zero-order valence-corrected chi connectivity index (χ0v) is 18.8. The van der Waals surface area contributed by atoms with Gasteiger partial charge in [0, 0.05) is 19.1 Å². The summed E-state index contributed by atoms with van der Waals surface area (Å²) < 4.78 is 1.73. The maximum absolute atomic E-state index is 13.3. The molecule has 1 saturated heterocycles. The Morgan fingerprint density at radius 1 is 1.13 bits per heavy atom. The molecule has 5 rings (SSSR count). The smallest absolute Gasteiger partial charge is 0.276 e. The van der Waals surface area contributed by atoms with Crippen molar-refractivity contribution in [3.63, 3.8) is 0 Å². The summed E-state index contributed by atoms with van der Waals surface area (Å²) >= 11 is 6.68. The Balaban J connectivity index is 1.41. The number of hydrogen-bond acceptors (Lipinski definition) is 3. The van der Waals surface area contributed by atoms with Gasteiger partial charge in [-0.2, -0.15) is 5.10 Å². The molecule has 2 aromatic heterocycles. The highest BCUT2D eigenvalue weighted by Gasteiger charge is 2.34. The predicted octanol–water partition coefficient (Wildman–Crippen LogP) is 4.52. The third-order valence-electron chi connectivity index (χ3n) is 6.94. The first kappa shape index (κ1) is 20.6. The topological polar surface area (TPSA) is 57.9 Å². The van der Waals surface area contributed by atoms with Gasteiger partial charge >= 0.3 is 0 Å². The molecule has 3 fully saturated rings. The van der Waals surface area contributed by atoms with E-state index in [4.69, 9.17) is 11.6 Å². The summed E-state index contributed by atoms with van der Waals surface area (Å²) in [4.78, 5) is 29.7. The molecule has 2 saturated carbocycles. The van der Waals surface area contributed by atoms with Crippen LogP contribution in [0.2, 0.25) is 5.02 Å². The summed E-state index contributed by atoms with van der Waals surface area (Å²) in [6.45, 7) is 7.22. The molecule has 2 aromatic rings. The van der Waals surface area contributed by atoms with Crippen molar-refractivity contribution in [2.45, 2.75) is 63.8 Å². The molecule has 31 heavy (non-hydrogen) atoms. The molecule has 1 aliphatic heterocycles. The van der Waals surface area contributed by atoms with Crippen LogP contribution >= 0.6 is 11.6 Å². The fraction of sp³-hybridized carbons (Fsp3) is 0.542. The van der Waals surface area contributed by atoms with Crippen LogP contribution in [0, 0.1) is 0 Å². The maximum Gasteiger partial charge on any atom is 0.276 e. The van der Waals surface area contributed by atoms with E-state index < -0.39 is 0 Å². The second kappa shape index (κ2) is 7.97. The van der Waals surface area contributed by atoms with Crippen molar-refractivity contribution in [1.82, 2.24) is 19.4 Å². The zero-order valence-electron chi connectivity index (χ0n) is 18.1. The number of rotatable bonds is 4. The van der Waals surface area contributed by atoms with E-state index in [1.807, 2.05) is 17.9 Å². The minimum Gasteiger partial charge on any atom is -0.336 e. The van der Waals surface area contributed by atoms with Gasteiger partial charge in [0.05, 0.1) is 16.2 Å². The molecule has 0 radical (unpaired) electrons. The van der Waals surface area contributed by atoms with Gasteiger partial charge in [-0.15, -0.1) is 0 Å². The summed E-state index contributed by atoms with van der Waals surface area (Å²) in [6, 6.07) is 4.48. The van der Waals surface area contributed by atoms with Crippen LogP contribution in [0.4, 0.5) is 0 Å². The van der Waals surface area contributed by atoms with E-state index in [-0.39, 0.29) is 24.1 Å². The number of carbonyl (C=O) groups excluding carboxylic acids is 2. The number of hydrogen-bond donors (Lipinski definition) is 0. The SMILES string of the molecule is C=C(C)c1cc(C2CC2)cc2c(Cl)c(C(=O)N3CCN(C4CCCCC4)C(=O)C3)nn12. The number of halogens is 1. The summed E-state index contributed by atoms with van der Waals surface area (Å²) in [5.41, 5.74) is 3.93. The average molecular weight is 441 g/mol. The van der Waals surface area contributed by atoms with Crippen molar-refractivity contribution in [1.29, 1.82) is 0 Å². The van der Waals surface area contributed by atoms with Crippen molar-refractivity contribution >= 4 is 34.5 Å². The molecule has 0 unspecified atom stereocenters. The van der Waals surface area contributed by atoms with Gasteiger partial charge in [-0.25, -0.2) is 4.52 Å². The van der Waals surface area contributed by atoms with E-state index in [0.717, 1.165) is 29.6 Å². The van der Waals surface area contributed by atoms with E-state index in [2.05, 4.69) is 17.7 Å². The molecule has 7 heteroatoms. The molecule has 3 aliphatic rings. The fourth-order valence-electron chi connectivity index (χ4n) is 5.02. The van der Waals surface area contributed by atoms with Crippen molar-refractivity contribution in [2.24, 2.45) is 0 Å². The Bertz CT molecular complexity index is 1070. The van der Waals surface area contributed by atoms with E-state index >= 15 is 0 Å². The largest absolute Gasteiger partial charge is 0.336 e. The highest BCUT2D eigenvalue weighted by atomic mass is 35.5. The third kappa shape index (κ3) is 3.75. The van der Waals surface area contributed by atoms with Crippen LogP contribution in [0.1, 0.15) is 79.5 Å². The molecular formula is C24H29ClN4O2. The molecule has 6 nitrogen and oxygen atoms in total. The van der Waals surface area contributed by atoms with Gasteiger partial charge < -0.3 is 9.80 Å². The highest BCUT2D eigenvalue weighted by Crippen LogP contribution is 2.42. The Morgan fingerprint density at radius 2 is 1.87 bits per heavy atom. The quantitative estimate of drug-likeness (QED) is 0.702. The number of carbonyl (C=O) groups is 2. The van der Waals surface area contributed by atoms with E-state index in [0.29, 0.717) is 30.1 Å². The number of piperazine rings is 1. The molecule has 2 aliphatic carbocycles. The number of allylic oxidation sites excluding steroid dienone is 1. The zero-order chi connectivity index (χ0) is 21.7. The molecule has 164 valence electrons. The minimum atomic E-state index is -0.272. The Morgan fingerprint density at radius 3 is 2.52 bits per heavy atom. The second-order valence-electron chi connectivity index (χ2n) is 9.29. The minimum absolute atomic E-state index is 0.0324. The Hall–Kier alpha value is -2.34. The first-order chi connectivity index (χ1) is 14.9. The standard InChI is InChI=1S/C24H29ClN4O2/c1-15(2)19-12-17(16-8-9-16)13-20-22(25)23(26-29(19)20)24(31)27-10-11-28(21(30)14-27)18-6-4-3-5-7-18/h12-13,16,18H,1,3-11,14H2,2H3. The maximum atomic E-state index is 13.3. The van der Waals surface area contributed by atoms with Crippen LogP contribution in [0.25, 0.3) is 11.1 Å². The number of amides is 2. The molecule has 3 heterocycles. The molecule has 0 bridgehead atoms. The first-order valence-corrected chi connectivity index (χ1v) is 11.8. The van der Waals surface area contributed by atoms with Gasteiger partial charge in [0.15, 0.2) is 5.69 Å². The van der Waals surface area contributed by atoms with Gasteiger partial charge in [-0.1, -0.05) is 37.4 Å². The highest BCUT2D eigenvalue weighted by molar-refractivity contribution is 6.36. The molecule has 0 atom stereocenters. The second-order valence-corrected chi connectivity index (χ2v) is 9.67. The van der Waals surface area contributed by atoms with Crippen molar-refractivity contribution in [3.8, 4) is 0 Å². The summed E-state index contributed by atoms with van der Waals surface area (Å²) in [7, 11) is 0. The van der Waals surface area contributed by atoms with Gasteiger partial charge in [0.25, 0.3) is 5.91 Å². The number of fused-ring (bicyclic) bond motifs is 1. The first-order valence-electron chi connectivity index (χ1n) is 11.4. The monoisotopic (exact) mass is 440 g/mol. The third-order valence-corrected chi connectivity index (χ3v) is 7.32. The van der Waals surface area contributed by atoms with E-state index in [9.17, 15) is 9.59 Å². The predicted molar refractivity (Wildman–Crippen MR) is 121 cm³/mol. The lowest BCUT2D eigenvalue weighted by Gasteiger charge is -2.40. The van der Waals surface area contributed by atoms with Crippen LogP contribution in [0.5, 0.6) is 0 Å². The number of nitrogens with zero attached hydrogens (tertiary/aromatic N) is 4. The molecule has 0 aromatic carbocycles. The van der Waals surface area contributed by atoms with Crippen molar-refractivity contribution in [2.75, 3.05) is 19.6 Å². The summed E-state index contributed by atoms with van der Waals surface area (Å²) in [5.74, 6) is 0.315. The van der Waals surface area contributed by atoms with Crippen LogP contribution < -0.4 is 0 Å². The van der Waals surface area contributed by atoms with Crippen LogP contribution in [0.3, 0.4) is 0 Å². The lowest BCUT2D eigenvalue weighted by Crippen LogP contribution is -2.55. The van der Waals surface area contributed by atoms with Crippen LogP contribution in [-0.2, 0) is 4.79 Å². The normalized spacial score (nSPS) is 20.5. The molecule has 2 amide bonds. The molecule has 0 spiro atoms.